The van der Waals surface area contributed by atoms with Crippen molar-refractivity contribution < 1.29 is 0 Å². The van der Waals surface area contributed by atoms with Gasteiger partial charge >= 0.3 is 0 Å². The molecule has 2 heterocycles. The topological polar surface area (TPSA) is 15.3 Å². The van der Waals surface area contributed by atoms with Crippen molar-refractivity contribution in [1.29, 1.82) is 0 Å². The van der Waals surface area contributed by atoms with E-state index in [1.807, 2.05) is 11.3 Å². The van der Waals surface area contributed by atoms with Crippen LogP contribution in [0.1, 0.15) is 49.6 Å². The molecule has 0 saturated carbocycles. The van der Waals surface area contributed by atoms with E-state index in [0.29, 0.717) is 6.04 Å². The second-order valence-electron chi connectivity index (χ2n) is 5.83. The number of nitrogens with one attached hydrogen (secondary N) is 1. The maximum absolute atomic E-state index is 3.47. The first-order valence-corrected chi connectivity index (χ1v) is 8.59. The Morgan fingerprint density at radius 3 is 2.74 bits per heavy atom. The van der Waals surface area contributed by atoms with Gasteiger partial charge in [-0.25, -0.2) is 0 Å². The highest BCUT2D eigenvalue weighted by Gasteiger charge is 2.22. The van der Waals surface area contributed by atoms with E-state index < -0.39 is 0 Å². The normalized spacial score (nSPS) is 18.9. The molecule has 0 aliphatic carbocycles. The van der Waals surface area contributed by atoms with Gasteiger partial charge in [0.05, 0.1) is 0 Å². The van der Waals surface area contributed by atoms with Crippen LogP contribution in [0.15, 0.2) is 11.4 Å². The summed E-state index contributed by atoms with van der Waals surface area (Å²) in [5, 5.41) is 5.70. The van der Waals surface area contributed by atoms with Crippen LogP contribution in [0, 0.1) is 12.8 Å². The third kappa shape index (κ3) is 4.04. The fourth-order valence-corrected chi connectivity index (χ4v) is 4.12. The van der Waals surface area contributed by atoms with E-state index in [1.54, 1.807) is 4.88 Å². The van der Waals surface area contributed by atoms with Gasteiger partial charge in [0.2, 0.25) is 0 Å². The van der Waals surface area contributed by atoms with Crippen molar-refractivity contribution in [2.45, 2.75) is 46.1 Å². The molecule has 1 N–H and O–H groups in total. The zero-order valence-corrected chi connectivity index (χ0v) is 13.4. The lowest BCUT2D eigenvalue weighted by molar-refractivity contribution is 0.162. The number of thiophene rings is 1. The maximum atomic E-state index is 3.47. The predicted molar refractivity (Wildman–Crippen MR) is 84.9 cm³/mol. The average molecular weight is 280 g/mol. The minimum absolute atomic E-state index is 0.579. The predicted octanol–water partition coefficient (Wildman–Crippen LogP) is 3.83. The Bertz CT molecular complexity index is 369. The molecule has 1 aliphatic rings. The summed E-state index contributed by atoms with van der Waals surface area (Å²) in [5.74, 6) is 0.885. The Hall–Kier alpha value is -0.380. The number of aryl methyl sites for hydroxylation is 1. The van der Waals surface area contributed by atoms with E-state index >= 15 is 0 Å². The van der Waals surface area contributed by atoms with E-state index in [2.05, 4.69) is 42.4 Å². The molecule has 1 aromatic heterocycles. The summed E-state index contributed by atoms with van der Waals surface area (Å²) in [6.07, 6.45) is 3.94. The summed E-state index contributed by atoms with van der Waals surface area (Å²) in [4.78, 5) is 4.26. The van der Waals surface area contributed by atoms with Crippen molar-refractivity contribution in [3.05, 3.63) is 21.9 Å². The Balaban J connectivity index is 2.00. The van der Waals surface area contributed by atoms with Gasteiger partial charge in [0.1, 0.15) is 0 Å². The Morgan fingerprint density at radius 1 is 1.42 bits per heavy atom. The first-order valence-electron chi connectivity index (χ1n) is 7.71. The zero-order valence-electron chi connectivity index (χ0n) is 12.6. The maximum Gasteiger partial charge on any atom is 0.0416 e. The Morgan fingerprint density at radius 2 is 2.16 bits per heavy atom. The van der Waals surface area contributed by atoms with Crippen LogP contribution in [0.2, 0.25) is 0 Å². The number of rotatable bonds is 6. The number of hydrogen-bond donors (Lipinski definition) is 1. The third-order valence-corrected chi connectivity index (χ3v) is 5.48. The van der Waals surface area contributed by atoms with Crippen LogP contribution in [-0.4, -0.2) is 31.1 Å². The van der Waals surface area contributed by atoms with Crippen LogP contribution in [0.3, 0.4) is 0 Å². The lowest BCUT2D eigenvalue weighted by Crippen LogP contribution is -2.37. The number of piperidine rings is 1. The molecule has 108 valence electrons. The van der Waals surface area contributed by atoms with Gasteiger partial charge in [0.25, 0.3) is 0 Å². The summed E-state index contributed by atoms with van der Waals surface area (Å²) in [5.41, 5.74) is 1.46. The van der Waals surface area contributed by atoms with E-state index in [4.69, 9.17) is 0 Å². The van der Waals surface area contributed by atoms with Gasteiger partial charge in [-0.3, -0.25) is 4.90 Å². The van der Waals surface area contributed by atoms with E-state index in [0.717, 1.165) is 5.92 Å². The number of nitrogens with zero attached hydrogens (tertiary/aromatic N) is 1. The first kappa shape index (κ1) is 15.0. The molecular formula is C16H28N2S. The lowest BCUT2D eigenvalue weighted by atomic mass is 9.96. The molecule has 0 bridgehead atoms. The molecular weight excluding hydrogens is 252 g/mol. The molecule has 1 aromatic rings. The fraction of sp³-hybridized carbons (Fsp3) is 0.750. The van der Waals surface area contributed by atoms with Gasteiger partial charge in [-0.05, 0) is 75.7 Å². The van der Waals surface area contributed by atoms with E-state index in [9.17, 15) is 0 Å². The van der Waals surface area contributed by atoms with Gasteiger partial charge in [-0.15, -0.1) is 11.3 Å². The number of hydrogen-bond acceptors (Lipinski definition) is 3. The van der Waals surface area contributed by atoms with Gasteiger partial charge in [0.15, 0.2) is 0 Å². The van der Waals surface area contributed by atoms with Crippen molar-refractivity contribution in [3.8, 4) is 0 Å². The molecule has 0 radical (unpaired) electrons. The molecule has 1 aliphatic heterocycles. The molecule has 2 nitrogen and oxygen atoms in total. The largest absolute Gasteiger partial charge is 0.317 e. The highest BCUT2D eigenvalue weighted by Crippen LogP contribution is 2.30. The summed E-state index contributed by atoms with van der Waals surface area (Å²) >= 11 is 1.92. The molecule has 1 atom stereocenters. The van der Waals surface area contributed by atoms with E-state index in [1.165, 1.54) is 51.0 Å². The molecule has 1 saturated heterocycles. The highest BCUT2D eigenvalue weighted by atomic mass is 32.1. The van der Waals surface area contributed by atoms with Crippen LogP contribution < -0.4 is 5.32 Å². The summed E-state index contributed by atoms with van der Waals surface area (Å²) in [6, 6.07) is 2.83. The smallest absolute Gasteiger partial charge is 0.0416 e. The fourth-order valence-electron chi connectivity index (χ4n) is 3.10. The van der Waals surface area contributed by atoms with Gasteiger partial charge in [-0.2, -0.15) is 0 Å². The molecule has 19 heavy (non-hydrogen) atoms. The summed E-state index contributed by atoms with van der Waals surface area (Å²) in [7, 11) is 0. The van der Waals surface area contributed by atoms with Crippen LogP contribution in [0.25, 0.3) is 0 Å². The molecule has 0 aromatic carbocycles. The molecule has 0 spiro atoms. The molecule has 3 heteroatoms. The molecule has 0 amide bonds. The second-order valence-corrected chi connectivity index (χ2v) is 6.78. The van der Waals surface area contributed by atoms with Gasteiger partial charge in [-0.1, -0.05) is 6.92 Å². The Labute approximate surface area is 122 Å². The van der Waals surface area contributed by atoms with E-state index in [-0.39, 0.29) is 0 Å². The first-order chi connectivity index (χ1) is 9.22. The second kappa shape index (κ2) is 7.41. The van der Waals surface area contributed by atoms with Crippen molar-refractivity contribution >= 4 is 11.3 Å². The van der Waals surface area contributed by atoms with Crippen molar-refractivity contribution in [3.63, 3.8) is 0 Å². The molecule has 1 fully saturated rings. The average Bonchev–Trinajstić information content (AvgIpc) is 2.85. The van der Waals surface area contributed by atoms with Crippen LogP contribution >= 0.6 is 11.3 Å². The summed E-state index contributed by atoms with van der Waals surface area (Å²) in [6.45, 7) is 11.8. The highest BCUT2D eigenvalue weighted by molar-refractivity contribution is 7.10. The van der Waals surface area contributed by atoms with Crippen LogP contribution in [0.5, 0.6) is 0 Å². The summed E-state index contributed by atoms with van der Waals surface area (Å²) < 4.78 is 0. The van der Waals surface area contributed by atoms with Gasteiger partial charge < -0.3 is 5.32 Å². The van der Waals surface area contributed by atoms with Crippen molar-refractivity contribution in [2.75, 3.05) is 26.2 Å². The van der Waals surface area contributed by atoms with Crippen molar-refractivity contribution in [2.24, 2.45) is 5.92 Å². The lowest BCUT2D eigenvalue weighted by Gasteiger charge is -2.34. The minimum atomic E-state index is 0.579. The van der Waals surface area contributed by atoms with Crippen LogP contribution in [-0.2, 0) is 0 Å². The zero-order chi connectivity index (χ0) is 13.7. The molecule has 1 unspecified atom stereocenters. The van der Waals surface area contributed by atoms with Crippen molar-refractivity contribution in [1.82, 2.24) is 10.2 Å². The van der Waals surface area contributed by atoms with Crippen LogP contribution in [0.4, 0.5) is 0 Å². The van der Waals surface area contributed by atoms with Gasteiger partial charge in [0, 0.05) is 17.5 Å². The standard InChI is InChI=1S/C16H28N2S/c1-4-10-18(12-15-5-8-17-9-6-15)14(3)16-13(2)7-11-19-16/h7,11,14-15,17H,4-6,8-10,12H2,1-3H3. The monoisotopic (exact) mass is 280 g/mol. The molecule has 2 rings (SSSR count). The Kier molecular flexibility index (Phi) is 5.86. The SMILES string of the molecule is CCCN(CC1CCNCC1)C(C)c1sccc1C. The third-order valence-electron chi connectivity index (χ3n) is 4.29. The minimum Gasteiger partial charge on any atom is -0.317 e. The quantitative estimate of drug-likeness (QED) is 0.852.